The van der Waals surface area contributed by atoms with E-state index in [2.05, 4.69) is 19.7 Å². The van der Waals surface area contributed by atoms with Crippen LogP contribution in [0.25, 0.3) is 17.2 Å². The van der Waals surface area contributed by atoms with Crippen LogP contribution in [0.1, 0.15) is 5.56 Å². The summed E-state index contributed by atoms with van der Waals surface area (Å²) in [5.74, 6) is -0.122. The third-order valence-corrected chi connectivity index (χ3v) is 5.68. The normalized spacial score (nSPS) is 15.5. The van der Waals surface area contributed by atoms with Crippen molar-refractivity contribution >= 4 is 23.8 Å². The summed E-state index contributed by atoms with van der Waals surface area (Å²) < 4.78 is 0. The maximum Gasteiger partial charge on any atom is 0.192 e. The van der Waals surface area contributed by atoms with Gasteiger partial charge in [-0.2, -0.15) is 0 Å². The summed E-state index contributed by atoms with van der Waals surface area (Å²) in [4.78, 5) is 28.6. The highest BCUT2D eigenvalue weighted by Crippen LogP contribution is 2.36. The first kappa shape index (κ1) is 23.5. The standard InChI is InChI=1S/C29H28N2O2/c1-6-21-15-12-16-26(22-13-10-9-11-14-22)28(21)31(5)24(17-18-32)19-23-20-30(4)27(8-3)25(7-2)29(23)33/h6-19H,1-3,20H2,4-5H3/b23-19+,24-17-. The van der Waals surface area contributed by atoms with Crippen molar-refractivity contribution in [2.24, 2.45) is 0 Å². The lowest BCUT2D eigenvalue weighted by Crippen LogP contribution is -2.31. The predicted molar refractivity (Wildman–Crippen MR) is 138 cm³/mol. The second kappa shape index (κ2) is 10.4. The summed E-state index contributed by atoms with van der Waals surface area (Å²) in [7, 11) is 3.78. The van der Waals surface area contributed by atoms with E-state index in [-0.39, 0.29) is 5.78 Å². The first-order chi connectivity index (χ1) is 16.0. The lowest BCUT2D eigenvalue weighted by atomic mass is 9.94. The SMILES string of the molecule is C=CC1=C(C=C)N(C)C/C(=C\C(=C\C=O)N(C)c2c(C=C)cccc2-c2ccccc2)C1=O. The molecule has 0 aromatic heterocycles. The average molecular weight is 437 g/mol. The van der Waals surface area contributed by atoms with Gasteiger partial charge in [0.2, 0.25) is 0 Å². The number of likely N-dealkylation sites (N-methyl/N-ethyl adjacent to an activating group) is 2. The van der Waals surface area contributed by atoms with Crippen molar-refractivity contribution in [2.75, 3.05) is 25.5 Å². The van der Waals surface area contributed by atoms with Crippen molar-refractivity contribution in [3.63, 3.8) is 0 Å². The topological polar surface area (TPSA) is 40.6 Å². The minimum Gasteiger partial charge on any atom is -0.370 e. The highest BCUT2D eigenvalue weighted by atomic mass is 16.1. The van der Waals surface area contributed by atoms with Crippen molar-refractivity contribution in [1.82, 2.24) is 4.90 Å². The Morgan fingerprint density at radius 2 is 1.73 bits per heavy atom. The van der Waals surface area contributed by atoms with Crippen molar-refractivity contribution in [2.45, 2.75) is 0 Å². The number of nitrogens with zero attached hydrogens (tertiary/aromatic N) is 2. The molecule has 2 aromatic carbocycles. The summed E-state index contributed by atoms with van der Waals surface area (Å²) >= 11 is 0. The second-order valence-electron chi connectivity index (χ2n) is 7.66. The molecule has 0 saturated heterocycles. The van der Waals surface area contributed by atoms with Gasteiger partial charge in [0.1, 0.15) is 6.29 Å². The van der Waals surface area contributed by atoms with Gasteiger partial charge in [-0.1, -0.05) is 80.4 Å². The Bertz CT molecular complexity index is 1200. The van der Waals surface area contributed by atoms with E-state index in [4.69, 9.17) is 0 Å². The quantitative estimate of drug-likeness (QED) is 0.400. The minimum absolute atomic E-state index is 0.122. The molecule has 0 N–H and O–H groups in total. The first-order valence-corrected chi connectivity index (χ1v) is 10.6. The number of hydrogen-bond donors (Lipinski definition) is 0. The van der Waals surface area contributed by atoms with Crippen molar-refractivity contribution in [3.05, 3.63) is 121 Å². The zero-order valence-corrected chi connectivity index (χ0v) is 19.1. The number of aldehydes is 1. The van der Waals surface area contributed by atoms with Crippen LogP contribution in [0, 0.1) is 0 Å². The molecule has 1 aliphatic rings. The molecule has 4 nitrogen and oxygen atoms in total. The number of hydrogen-bond acceptors (Lipinski definition) is 4. The lowest BCUT2D eigenvalue weighted by molar-refractivity contribution is -0.112. The first-order valence-electron chi connectivity index (χ1n) is 10.6. The number of anilines is 1. The van der Waals surface area contributed by atoms with Gasteiger partial charge in [0, 0.05) is 54.8 Å². The molecule has 4 heteroatoms. The number of allylic oxidation sites excluding steroid dienone is 5. The van der Waals surface area contributed by atoms with Crippen LogP contribution in [0.15, 0.2) is 115 Å². The molecule has 1 heterocycles. The largest absolute Gasteiger partial charge is 0.370 e. The van der Waals surface area contributed by atoms with E-state index in [0.717, 1.165) is 34.4 Å². The van der Waals surface area contributed by atoms with Gasteiger partial charge in [-0.3, -0.25) is 9.59 Å². The predicted octanol–water partition coefficient (Wildman–Crippen LogP) is 5.58. The van der Waals surface area contributed by atoms with Crippen molar-refractivity contribution < 1.29 is 9.59 Å². The molecule has 0 atom stereocenters. The van der Waals surface area contributed by atoms with Gasteiger partial charge in [0.05, 0.1) is 5.69 Å². The van der Waals surface area contributed by atoms with Crippen LogP contribution in [-0.4, -0.2) is 37.6 Å². The molecule has 0 fully saturated rings. The third-order valence-electron chi connectivity index (χ3n) is 5.68. The van der Waals surface area contributed by atoms with E-state index >= 15 is 0 Å². The molecule has 0 amide bonds. The molecule has 3 rings (SSSR count). The Hall–Kier alpha value is -4.18. The smallest absolute Gasteiger partial charge is 0.192 e. The Morgan fingerprint density at radius 1 is 1.00 bits per heavy atom. The van der Waals surface area contributed by atoms with Crippen LogP contribution in [0.5, 0.6) is 0 Å². The fourth-order valence-electron chi connectivity index (χ4n) is 4.07. The Morgan fingerprint density at radius 3 is 2.33 bits per heavy atom. The number of Topliss-reactive ketones (excluding diaryl/α,β-unsaturated/α-hetero) is 1. The van der Waals surface area contributed by atoms with Crippen LogP contribution in [0.4, 0.5) is 5.69 Å². The fourth-order valence-corrected chi connectivity index (χ4v) is 4.07. The molecule has 0 aliphatic carbocycles. The van der Waals surface area contributed by atoms with Gasteiger partial charge in [0.25, 0.3) is 0 Å². The second-order valence-corrected chi connectivity index (χ2v) is 7.66. The summed E-state index contributed by atoms with van der Waals surface area (Å²) in [5.41, 5.74) is 6.25. The van der Waals surface area contributed by atoms with E-state index in [1.807, 2.05) is 72.4 Å². The molecule has 0 saturated carbocycles. The monoisotopic (exact) mass is 436 g/mol. The number of carbonyl (C=O) groups excluding carboxylic acids is 2. The number of benzene rings is 2. The summed E-state index contributed by atoms with van der Waals surface area (Å²) in [5, 5.41) is 0. The molecule has 1 aliphatic heterocycles. The van der Waals surface area contributed by atoms with E-state index in [1.165, 1.54) is 6.08 Å². The molecule has 0 bridgehead atoms. The molecule has 0 unspecified atom stereocenters. The highest BCUT2D eigenvalue weighted by Gasteiger charge is 2.26. The van der Waals surface area contributed by atoms with Gasteiger partial charge in [-0.05, 0) is 23.3 Å². The highest BCUT2D eigenvalue weighted by molar-refractivity contribution is 6.12. The van der Waals surface area contributed by atoms with E-state index < -0.39 is 0 Å². The van der Waals surface area contributed by atoms with E-state index in [1.54, 1.807) is 24.3 Å². The van der Waals surface area contributed by atoms with Crippen LogP contribution >= 0.6 is 0 Å². The van der Waals surface area contributed by atoms with Crippen molar-refractivity contribution in [1.29, 1.82) is 0 Å². The van der Waals surface area contributed by atoms with Crippen LogP contribution in [0.3, 0.4) is 0 Å². The summed E-state index contributed by atoms with van der Waals surface area (Å²) in [6.45, 7) is 12.0. The third kappa shape index (κ3) is 4.70. The van der Waals surface area contributed by atoms with Crippen LogP contribution < -0.4 is 4.90 Å². The maximum atomic E-state index is 13.2. The summed E-state index contributed by atoms with van der Waals surface area (Å²) in [6.07, 6.45) is 8.97. The Labute approximate surface area is 195 Å². The number of rotatable bonds is 8. The van der Waals surface area contributed by atoms with Gasteiger partial charge in [-0.25, -0.2) is 0 Å². The zero-order chi connectivity index (χ0) is 24.0. The molecular formula is C29H28N2O2. The van der Waals surface area contributed by atoms with Crippen molar-refractivity contribution in [3.8, 4) is 11.1 Å². The Kier molecular flexibility index (Phi) is 7.42. The van der Waals surface area contributed by atoms with Crippen LogP contribution in [-0.2, 0) is 9.59 Å². The maximum absolute atomic E-state index is 13.2. The molecule has 0 radical (unpaired) electrons. The molecule has 166 valence electrons. The molecule has 33 heavy (non-hydrogen) atoms. The van der Waals surface area contributed by atoms with Gasteiger partial charge in [-0.15, -0.1) is 0 Å². The number of ketones is 1. The number of para-hydroxylation sites is 1. The van der Waals surface area contributed by atoms with E-state index in [9.17, 15) is 9.59 Å². The van der Waals surface area contributed by atoms with Gasteiger partial charge in [0.15, 0.2) is 5.78 Å². The average Bonchev–Trinajstić information content (AvgIpc) is 2.84. The lowest BCUT2D eigenvalue weighted by Gasteiger charge is -2.30. The number of carbonyl (C=O) groups is 2. The molecular weight excluding hydrogens is 408 g/mol. The van der Waals surface area contributed by atoms with Crippen LogP contribution in [0.2, 0.25) is 0 Å². The minimum atomic E-state index is -0.122. The van der Waals surface area contributed by atoms with E-state index in [0.29, 0.717) is 23.4 Å². The zero-order valence-electron chi connectivity index (χ0n) is 19.1. The molecule has 0 spiro atoms. The van der Waals surface area contributed by atoms with Gasteiger partial charge < -0.3 is 9.80 Å². The summed E-state index contributed by atoms with van der Waals surface area (Å²) in [6, 6.07) is 16.0. The fraction of sp³-hybridized carbons (Fsp3) is 0.103. The van der Waals surface area contributed by atoms with Gasteiger partial charge >= 0.3 is 0 Å². The molecule has 2 aromatic rings. The Balaban J connectivity index is 2.15.